The third kappa shape index (κ3) is 5.16. The van der Waals surface area contributed by atoms with Crippen molar-refractivity contribution in [3.8, 4) is 0 Å². The average Bonchev–Trinajstić information content (AvgIpc) is 2.77. The van der Waals surface area contributed by atoms with Crippen LogP contribution in [0.1, 0.15) is 28.4 Å². The van der Waals surface area contributed by atoms with Crippen molar-refractivity contribution in [2.24, 2.45) is 0 Å². The highest BCUT2D eigenvalue weighted by molar-refractivity contribution is 5.94. The van der Waals surface area contributed by atoms with Crippen LogP contribution in [0.5, 0.6) is 0 Å². The van der Waals surface area contributed by atoms with E-state index in [-0.39, 0.29) is 12.3 Å². The maximum Gasteiger partial charge on any atom is 0.251 e. The number of nitrogens with one attached hydrogen (secondary N) is 3. The lowest BCUT2D eigenvalue weighted by atomic mass is 10.0. The highest BCUT2D eigenvalue weighted by Gasteiger charge is 2.20. The van der Waals surface area contributed by atoms with Gasteiger partial charge in [0.05, 0.1) is 18.2 Å². The number of carbonyl (C=O) groups excluding carboxylic acids is 2. The van der Waals surface area contributed by atoms with Gasteiger partial charge in [0, 0.05) is 5.56 Å². The maximum absolute atomic E-state index is 13.7. The SMILES string of the molecule is O=C(CC(NC(=O)c1ccccc1)c1ccccc1)NNc1ccc(F)c(F)c1F. The van der Waals surface area contributed by atoms with Crippen LogP contribution in [0.15, 0.2) is 72.8 Å². The molecule has 3 aromatic carbocycles. The number of hydrazine groups is 1. The van der Waals surface area contributed by atoms with Gasteiger partial charge >= 0.3 is 0 Å². The second-order valence-electron chi connectivity index (χ2n) is 6.40. The number of carbonyl (C=O) groups is 2. The molecule has 3 rings (SSSR count). The summed E-state index contributed by atoms with van der Waals surface area (Å²) in [6.07, 6.45) is -0.180. The van der Waals surface area contributed by atoms with E-state index in [9.17, 15) is 22.8 Å². The number of hydrogen-bond donors (Lipinski definition) is 3. The van der Waals surface area contributed by atoms with Crippen LogP contribution in [-0.4, -0.2) is 11.8 Å². The van der Waals surface area contributed by atoms with E-state index in [0.29, 0.717) is 11.1 Å². The second kappa shape index (κ2) is 9.60. The molecule has 0 aliphatic carbocycles. The van der Waals surface area contributed by atoms with Gasteiger partial charge < -0.3 is 5.32 Å². The van der Waals surface area contributed by atoms with Gasteiger partial charge in [-0.05, 0) is 29.8 Å². The van der Waals surface area contributed by atoms with E-state index in [4.69, 9.17) is 0 Å². The average molecular weight is 413 g/mol. The molecule has 0 radical (unpaired) electrons. The normalized spacial score (nSPS) is 11.4. The standard InChI is InChI=1S/C22H18F3N3O2/c23-16-11-12-17(21(25)20(16)24)27-28-19(29)13-18(14-7-3-1-4-8-14)26-22(30)15-9-5-2-6-10-15/h1-12,18,27H,13H2,(H,26,30)(H,28,29). The monoisotopic (exact) mass is 413 g/mol. The number of rotatable bonds is 7. The Hall–Kier alpha value is -3.81. The summed E-state index contributed by atoms with van der Waals surface area (Å²) in [6, 6.07) is 18.4. The summed E-state index contributed by atoms with van der Waals surface area (Å²) in [7, 11) is 0. The predicted molar refractivity (Wildman–Crippen MR) is 106 cm³/mol. The highest BCUT2D eigenvalue weighted by Crippen LogP contribution is 2.20. The first-order valence-corrected chi connectivity index (χ1v) is 9.05. The van der Waals surface area contributed by atoms with E-state index in [1.807, 2.05) is 0 Å². The van der Waals surface area contributed by atoms with Crippen molar-refractivity contribution in [2.45, 2.75) is 12.5 Å². The fourth-order valence-corrected chi connectivity index (χ4v) is 2.76. The highest BCUT2D eigenvalue weighted by atomic mass is 19.2. The summed E-state index contributed by atoms with van der Waals surface area (Å²) in [5.41, 5.74) is 5.16. The van der Waals surface area contributed by atoms with Gasteiger partial charge in [0.2, 0.25) is 5.91 Å². The predicted octanol–water partition coefficient (Wildman–Crippen LogP) is 4.11. The Kier molecular flexibility index (Phi) is 6.69. The Morgan fingerprint density at radius 2 is 1.43 bits per heavy atom. The molecule has 0 spiro atoms. The van der Waals surface area contributed by atoms with Crippen LogP contribution in [0.25, 0.3) is 0 Å². The second-order valence-corrected chi connectivity index (χ2v) is 6.40. The van der Waals surface area contributed by atoms with Crippen LogP contribution in [0.2, 0.25) is 0 Å². The van der Waals surface area contributed by atoms with Gasteiger partial charge in [-0.3, -0.25) is 20.4 Å². The molecule has 0 aliphatic rings. The number of benzene rings is 3. The summed E-state index contributed by atoms with van der Waals surface area (Å²) in [4.78, 5) is 24.9. The van der Waals surface area contributed by atoms with Crippen molar-refractivity contribution < 1.29 is 22.8 Å². The molecule has 30 heavy (non-hydrogen) atoms. The molecular formula is C22H18F3N3O2. The molecule has 0 fully saturated rings. The lowest BCUT2D eigenvalue weighted by Gasteiger charge is -2.19. The number of anilines is 1. The summed E-state index contributed by atoms with van der Waals surface area (Å²) < 4.78 is 40.0. The Labute approximate surface area is 170 Å². The Morgan fingerprint density at radius 3 is 2.10 bits per heavy atom. The molecule has 1 unspecified atom stereocenters. The first kappa shape index (κ1) is 20.9. The third-order valence-electron chi connectivity index (χ3n) is 4.30. The molecule has 0 saturated carbocycles. The Morgan fingerprint density at radius 1 is 0.800 bits per heavy atom. The molecule has 3 N–H and O–H groups in total. The van der Waals surface area contributed by atoms with Crippen molar-refractivity contribution in [3.05, 3.63) is 101 Å². The van der Waals surface area contributed by atoms with E-state index in [2.05, 4.69) is 16.2 Å². The number of halogens is 3. The first-order valence-electron chi connectivity index (χ1n) is 9.05. The lowest BCUT2D eigenvalue weighted by molar-refractivity contribution is -0.121. The number of hydrogen-bond acceptors (Lipinski definition) is 3. The van der Waals surface area contributed by atoms with Crippen LogP contribution >= 0.6 is 0 Å². The van der Waals surface area contributed by atoms with Crippen LogP contribution in [0.3, 0.4) is 0 Å². The smallest absolute Gasteiger partial charge is 0.251 e. The van der Waals surface area contributed by atoms with E-state index >= 15 is 0 Å². The Bertz CT molecular complexity index is 1030. The van der Waals surface area contributed by atoms with Crippen LogP contribution in [0, 0.1) is 17.5 Å². The maximum atomic E-state index is 13.7. The summed E-state index contributed by atoms with van der Waals surface area (Å²) in [5, 5.41) is 2.80. The topological polar surface area (TPSA) is 70.2 Å². The molecule has 154 valence electrons. The van der Waals surface area contributed by atoms with Gasteiger partial charge in [-0.15, -0.1) is 0 Å². The quantitative estimate of drug-likeness (QED) is 0.403. The van der Waals surface area contributed by atoms with Crippen LogP contribution < -0.4 is 16.2 Å². The first-order chi connectivity index (χ1) is 14.5. The zero-order valence-corrected chi connectivity index (χ0v) is 15.7. The van der Waals surface area contributed by atoms with Crippen molar-refractivity contribution >= 4 is 17.5 Å². The minimum atomic E-state index is -1.65. The summed E-state index contributed by atoms with van der Waals surface area (Å²) in [6.45, 7) is 0. The molecule has 2 amide bonds. The molecule has 1 atom stereocenters. The third-order valence-corrected chi connectivity index (χ3v) is 4.30. The fourth-order valence-electron chi connectivity index (χ4n) is 2.76. The van der Waals surface area contributed by atoms with Crippen molar-refractivity contribution in [3.63, 3.8) is 0 Å². The summed E-state index contributed by atoms with van der Waals surface area (Å²) >= 11 is 0. The number of amides is 2. The van der Waals surface area contributed by atoms with Gasteiger partial charge in [-0.1, -0.05) is 48.5 Å². The molecular weight excluding hydrogens is 395 g/mol. The van der Waals surface area contributed by atoms with E-state index in [1.165, 1.54) is 0 Å². The molecule has 5 nitrogen and oxygen atoms in total. The van der Waals surface area contributed by atoms with Crippen LogP contribution in [0.4, 0.5) is 18.9 Å². The molecule has 0 aromatic heterocycles. The molecule has 3 aromatic rings. The van der Waals surface area contributed by atoms with Crippen molar-refractivity contribution in [1.82, 2.24) is 10.7 Å². The van der Waals surface area contributed by atoms with E-state index < -0.39 is 35.1 Å². The van der Waals surface area contributed by atoms with Gasteiger partial charge in [-0.2, -0.15) is 0 Å². The summed E-state index contributed by atoms with van der Waals surface area (Å²) in [5.74, 6) is -5.39. The van der Waals surface area contributed by atoms with Crippen molar-refractivity contribution in [1.29, 1.82) is 0 Å². The zero-order valence-electron chi connectivity index (χ0n) is 15.7. The van der Waals surface area contributed by atoms with Crippen molar-refractivity contribution in [2.75, 3.05) is 5.43 Å². The molecule has 0 heterocycles. The molecule has 0 saturated heterocycles. The largest absolute Gasteiger partial charge is 0.345 e. The minimum Gasteiger partial charge on any atom is -0.345 e. The van der Waals surface area contributed by atoms with E-state index in [0.717, 1.165) is 12.1 Å². The van der Waals surface area contributed by atoms with Gasteiger partial charge in [0.25, 0.3) is 5.91 Å². The van der Waals surface area contributed by atoms with E-state index in [1.54, 1.807) is 60.7 Å². The van der Waals surface area contributed by atoms with Gasteiger partial charge in [0.15, 0.2) is 17.5 Å². The minimum absolute atomic E-state index is 0.180. The fraction of sp³-hybridized carbons (Fsp3) is 0.0909. The molecule has 0 bridgehead atoms. The lowest BCUT2D eigenvalue weighted by Crippen LogP contribution is -2.36. The van der Waals surface area contributed by atoms with Crippen LogP contribution in [-0.2, 0) is 4.79 Å². The molecule has 0 aliphatic heterocycles. The Balaban J connectivity index is 1.69. The molecule has 8 heteroatoms. The van der Waals surface area contributed by atoms with Gasteiger partial charge in [0.1, 0.15) is 0 Å². The zero-order chi connectivity index (χ0) is 21.5. The van der Waals surface area contributed by atoms with Gasteiger partial charge in [-0.25, -0.2) is 13.2 Å².